The number of hydrogen-bond donors (Lipinski definition) is 1. The summed E-state index contributed by atoms with van der Waals surface area (Å²) in [5, 5.41) is 5.20. The van der Waals surface area contributed by atoms with Gasteiger partial charge < -0.3 is 10.3 Å². The summed E-state index contributed by atoms with van der Waals surface area (Å²) in [5.74, 6) is 0.429. The molecule has 5 heteroatoms. The molecule has 110 valence electrons. The molecule has 0 saturated carbocycles. The van der Waals surface area contributed by atoms with E-state index in [0.29, 0.717) is 5.92 Å². The minimum absolute atomic E-state index is 0.0737. The van der Waals surface area contributed by atoms with E-state index in [-0.39, 0.29) is 6.04 Å². The zero-order chi connectivity index (χ0) is 14.9. The van der Waals surface area contributed by atoms with E-state index in [0.717, 1.165) is 35.1 Å². The Bertz CT molecular complexity index is 583. The van der Waals surface area contributed by atoms with Crippen molar-refractivity contribution in [3.8, 4) is 0 Å². The minimum atomic E-state index is 0.0737. The first-order valence-electron chi connectivity index (χ1n) is 7.07. The van der Waals surface area contributed by atoms with Gasteiger partial charge in [0.05, 0.1) is 23.0 Å². The summed E-state index contributed by atoms with van der Waals surface area (Å²) in [6, 6.07) is 2.16. The lowest BCUT2D eigenvalue weighted by Gasteiger charge is -2.13. The van der Waals surface area contributed by atoms with Crippen LogP contribution in [0.4, 0.5) is 0 Å². The lowest BCUT2D eigenvalue weighted by molar-refractivity contribution is 0.513. The van der Waals surface area contributed by atoms with Crippen molar-refractivity contribution in [1.82, 2.24) is 14.3 Å². The maximum Gasteiger partial charge on any atom is 0.0865 e. The van der Waals surface area contributed by atoms with Crippen LogP contribution in [0.25, 0.3) is 0 Å². The van der Waals surface area contributed by atoms with E-state index in [1.807, 2.05) is 11.6 Å². The van der Waals surface area contributed by atoms with Crippen LogP contribution in [-0.4, -0.2) is 14.3 Å². The van der Waals surface area contributed by atoms with Crippen molar-refractivity contribution in [2.24, 2.45) is 11.7 Å². The maximum atomic E-state index is 6.34. The van der Waals surface area contributed by atoms with Crippen LogP contribution in [0, 0.1) is 12.8 Å². The molecule has 0 aliphatic carbocycles. The fourth-order valence-electron chi connectivity index (χ4n) is 2.33. The van der Waals surface area contributed by atoms with Crippen molar-refractivity contribution in [3.63, 3.8) is 0 Å². The van der Waals surface area contributed by atoms with E-state index in [4.69, 9.17) is 17.3 Å². The number of aromatic nitrogens is 3. The van der Waals surface area contributed by atoms with Gasteiger partial charge in [-0.15, -0.1) is 0 Å². The van der Waals surface area contributed by atoms with Gasteiger partial charge in [0.25, 0.3) is 0 Å². The van der Waals surface area contributed by atoms with Gasteiger partial charge in [0.2, 0.25) is 0 Å². The summed E-state index contributed by atoms with van der Waals surface area (Å²) in [6.45, 7) is 9.82. The van der Waals surface area contributed by atoms with E-state index >= 15 is 0 Å². The Labute approximate surface area is 125 Å². The van der Waals surface area contributed by atoms with E-state index in [1.54, 1.807) is 0 Å². The summed E-state index contributed by atoms with van der Waals surface area (Å²) in [6.07, 6.45) is 4.15. The summed E-state index contributed by atoms with van der Waals surface area (Å²) < 4.78 is 4.08. The molecule has 0 fully saturated rings. The SMILES string of the molecule is CCn1nc(C)c(Cl)c1Cn1ccc(C(N)C(C)C)c1. The highest BCUT2D eigenvalue weighted by atomic mass is 35.5. The first-order valence-corrected chi connectivity index (χ1v) is 7.44. The van der Waals surface area contributed by atoms with Crippen LogP contribution in [0.1, 0.15) is 43.8 Å². The number of rotatable bonds is 5. The summed E-state index contributed by atoms with van der Waals surface area (Å²) in [7, 11) is 0. The smallest absolute Gasteiger partial charge is 0.0865 e. The molecule has 2 aromatic rings. The van der Waals surface area contributed by atoms with E-state index in [1.165, 1.54) is 0 Å². The molecule has 0 radical (unpaired) electrons. The van der Waals surface area contributed by atoms with Crippen molar-refractivity contribution in [3.05, 3.63) is 40.4 Å². The van der Waals surface area contributed by atoms with Crippen molar-refractivity contribution in [2.45, 2.75) is 46.8 Å². The van der Waals surface area contributed by atoms with Gasteiger partial charge in [-0.25, -0.2) is 0 Å². The van der Waals surface area contributed by atoms with Gasteiger partial charge in [0.15, 0.2) is 0 Å². The number of nitrogens with two attached hydrogens (primary N) is 1. The molecule has 1 atom stereocenters. The standard InChI is InChI=1S/C15H23ClN4/c1-5-20-13(14(16)11(4)18-20)9-19-7-6-12(8-19)15(17)10(2)3/h6-8,10,15H,5,9,17H2,1-4H3. The third-order valence-corrected chi connectivity index (χ3v) is 4.15. The molecule has 2 heterocycles. The van der Waals surface area contributed by atoms with Gasteiger partial charge in [0.1, 0.15) is 0 Å². The highest BCUT2D eigenvalue weighted by Crippen LogP contribution is 2.23. The van der Waals surface area contributed by atoms with Crippen molar-refractivity contribution in [1.29, 1.82) is 0 Å². The summed E-state index contributed by atoms with van der Waals surface area (Å²) >= 11 is 6.34. The Kier molecular flexibility index (Phi) is 4.55. The van der Waals surface area contributed by atoms with Crippen LogP contribution >= 0.6 is 11.6 Å². The van der Waals surface area contributed by atoms with Crippen LogP contribution in [0.15, 0.2) is 18.5 Å². The van der Waals surface area contributed by atoms with Gasteiger partial charge in [0, 0.05) is 25.0 Å². The average Bonchev–Trinajstić information content (AvgIpc) is 2.98. The van der Waals surface area contributed by atoms with E-state index in [2.05, 4.69) is 48.9 Å². The molecule has 4 nitrogen and oxygen atoms in total. The third kappa shape index (κ3) is 2.91. The first kappa shape index (κ1) is 15.1. The molecule has 0 saturated heterocycles. The third-order valence-electron chi connectivity index (χ3n) is 3.66. The Morgan fingerprint density at radius 3 is 2.70 bits per heavy atom. The zero-order valence-corrected chi connectivity index (χ0v) is 13.4. The van der Waals surface area contributed by atoms with Gasteiger partial charge in [-0.3, -0.25) is 4.68 Å². The molecule has 2 rings (SSSR count). The molecule has 20 heavy (non-hydrogen) atoms. The number of halogens is 1. The lowest BCUT2D eigenvalue weighted by Crippen LogP contribution is -2.16. The van der Waals surface area contributed by atoms with Gasteiger partial charge >= 0.3 is 0 Å². The second-order valence-corrected chi connectivity index (χ2v) is 5.93. The predicted octanol–water partition coefficient (Wildman–Crippen LogP) is 3.37. The normalized spacial score (nSPS) is 13.2. The van der Waals surface area contributed by atoms with Crippen LogP contribution in [0.2, 0.25) is 5.02 Å². The van der Waals surface area contributed by atoms with Crippen LogP contribution in [-0.2, 0) is 13.1 Å². The number of nitrogens with zero attached hydrogens (tertiary/aromatic N) is 3. The summed E-state index contributed by atoms with van der Waals surface area (Å²) in [5.41, 5.74) is 9.27. The Hall–Kier alpha value is -1.26. The van der Waals surface area contributed by atoms with Crippen molar-refractivity contribution >= 4 is 11.6 Å². The van der Waals surface area contributed by atoms with Gasteiger partial charge in [-0.05, 0) is 31.4 Å². The second-order valence-electron chi connectivity index (χ2n) is 5.55. The molecule has 0 aliphatic rings. The van der Waals surface area contributed by atoms with E-state index < -0.39 is 0 Å². The fraction of sp³-hybridized carbons (Fsp3) is 0.533. The predicted molar refractivity (Wildman–Crippen MR) is 82.9 cm³/mol. The first-order chi connectivity index (χ1) is 9.43. The van der Waals surface area contributed by atoms with E-state index in [9.17, 15) is 0 Å². The Morgan fingerprint density at radius 2 is 2.10 bits per heavy atom. The lowest BCUT2D eigenvalue weighted by atomic mass is 10.00. The largest absolute Gasteiger partial charge is 0.348 e. The molecular weight excluding hydrogens is 272 g/mol. The topological polar surface area (TPSA) is 48.8 Å². The van der Waals surface area contributed by atoms with Crippen molar-refractivity contribution in [2.75, 3.05) is 0 Å². The monoisotopic (exact) mass is 294 g/mol. The quantitative estimate of drug-likeness (QED) is 0.919. The highest BCUT2D eigenvalue weighted by Gasteiger charge is 2.15. The van der Waals surface area contributed by atoms with Crippen LogP contribution in [0.5, 0.6) is 0 Å². The molecule has 0 bridgehead atoms. The summed E-state index contributed by atoms with van der Waals surface area (Å²) in [4.78, 5) is 0. The number of aryl methyl sites for hydroxylation is 2. The van der Waals surface area contributed by atoms with Gasteiger partial charge in [-0.1, -0.05) is 25.4 Å². The molecule has 2 N–H and O–H groups in total. The molecule has 0 aromatic carbocycles. The molecule has 2 aromatic heterocycles. The fourth-order valence-corrected chi connectivity index (χ4v) is 2.53. The Morgan fingerprint density at radius 1 is 1.40 bits per heavy atom. The molecule has 0 aliphatic heterocycles. The Balaban J connectivity index is 2.23. The molecular formula is C15H23ClN4. The van der Waals surface area contributed by atoms with Crippen molar-refractivity contribution < 1.29 is 0 Å². The number of hydrogen-bond acceptors (Lipinski definition) is 2. The maximum absolute atomic E-state index is 6.34. The highest BCUT2D eigenvalue weighted by molar-refractivity contribution is 6.31. The van der Waals surface area contributed by atoms with Crippen LogP contribution in [0.3, 0.4) is 0 Å². The van der Waals surface area contributed by atoms with Crippen LogP contribution < -0.4 is 5.73 Å². The van der Waals surface area contributed by atoms with Gasteiger partial charge in [-0.2, -0.15) is 5.10 Å². The molecule has 0 spiro atoms. The molecule has 1 unspecified atom stereocenters. The minimum Gasteiger partial charge on any atom is -0.348 e. The molecule has 0 amide bonds. The zero-order valence-electron chi connectivity index (χ0n) is 12.6. The second kappa shape index (κ2) is 6.02. The average molecular weight is 295 g/mol.